The second kappa shape index (κ2) is 5.19. The van der Waals surface area contributed by atoms with Crippen LogP contribution in [0, 0.1) is 5.41 Å². The zero-order valence-electron chi connectivity index (χ0n) is 7.79. The van der Waals surface area contributed by atoms with Crippen molar-refractivity contribution < 1.29 is 14.6 Å². The van der Waals surface area contributed by atoms with Crippen LogP contribution in [0.1, 0.15) is 19.3 Å². The van der Waals surface area contributed by atoms with Crippen molar-refractivity contribution in [2.24, 2.45) is 5.41 Å². The summed E-state index contributed by atoms with van der Waals surface area (Å²) < 4.78 is 4.65. The lowest BCUT2D eigenvalue weighted by Gasteiger charge is -2.35. The Hall–Kier alpha value is -0.610. The molecule has 2 N–H and O–H groups in total. The molecule has 0 aromatic carbocycles. The minimum absolute atomic E-state index is 0.0196. The summed E-state index contributed by atoms with van der Waals surface area (Å²) in [7, 11) is 0. The number of ether oxygens (including phenoxy) is 1. The van der Waals surface area contributed by atoms with Crippen molar-refractivity contribution in [2.75, 3.05) is 26.3 Å². The molecule has 1 fully saturated rings. The van der Waals surface area contributed by atoms with Crippen LogP contribution < -0.4 is 5.32 Å². The van der Waals surface area contributed by atoms with E-state index in [4.69, 9.17) is 0 Å². The fourth-order valence-corrected chi connectivity index (χ4v) is 1.77. The van der Waals surface area contributed by atoms with Gasteiger partial charge in [0.2, 0.25) is 0 Å². The highest BCUT2D eigenvalue weighted by molar-refractivity contribution is 5.36. The van der Waals surface area contributed by atoms with E-state index in [9.17, 15) is 9.90 Å². The summed E-state index contributed by atoms with van der Waals surface area (Å²) in [5.41, 5.74) is -0.0196. The van der Waals surface area contributed by atoms with E-state index in [0.717, 1.165) is 32.4 Å². The molecule has 1 aliphatic heterocycles. The average molecular weight is 187 g/mol. The first kappa shape index (κ1) is 10.5. The lowest BCUT2D eigenvalue weighted by molar-refractivity contribution is -0.129. The Morgan fingerprint density at radius 1 is 1.46 bits per heavy atom. The van der Waals surface area contributed by atoms with Crippen LogP contribution in [0.4, 0.5) is 0 Å². The van der Waals surface area contributed by atoms with Crippen LogP contribution in [0.5, 0.6) is 0 Å². The zero-order chi connectivity index (χ0) is 9.57. The van der Waals surface area contributed by atoms with Gasteiger partial charge in [0.25, 0.3) is 6.47 Å². The van der Waals surface area contributed by atoms with Gasteiger partial charge in [-0.1, -0.05) is 0 Å². The molecule has 4 heteroatoms. The van der Waals surface area contributed by atoms with Gasteiger partial charge in [0.1, 0.15) is 0 Å². The third-order valence-corrected chi connectivity index (χ3v) is 2.82. The summed E-state index contributed by atoms with van der Waals surface area (Å²) in [6.45, 7) is 2.97. The standard InChI is InChI=1S/C9H17NO3/c11-7-9(3-6-13-8-12)1-4-10-5-2-9/h8,10-11H,1-7H2. The molecule has 0 radical (unpaired) electrons. The Morgan fingerprint density at radius 2 is 2.15 bits per heavy atom. The van der Waals surface area contributed by atoms with E-state index in [1.54, 1.807) is 0 Å². The van der Waals surface area contributed by atoms with Crippen LogP contribution in [0.15, 0.2) is 0 Å². The Balaban J connectivity index is 2.33. The number of hydrogen-bond acceptors (Lipinski definition) is 4. The maximum Gasteiger partial charge on any atom is 0.293 e. The first-order valence-electron chi connectivity index (χ1n) is 4.70. The highest BCUT2D eigenvalue weighted by Crippen LogP contribution is 2.31. The first-order valence-corrected chi connectivity index (χ1v) is 4.70. The van der Waals surface area contributed by atoms with Crippen LogP contribution in [0.3, 0.4) is 0 Å². The van der Waals surface area contributed by atoms with Crippen molar-refractivity contribution in [2.45, 2.75) is 19.3 Å². The molecular formula is C9H17NO3. The molecule has 4 nitrogen and oxygen atoms in total. The van der Waals surface area contributed by atoms with Crippen LogP contribution >= 0.6 is 0 Å². The topological polar surface area (TPSA) is 58.6 Å². The molecule has 0 aromatic rings. The molecule has 0 aliphatic carbocycles. The molecule has 1 heterocycles. The molecule has 0 atom stereocenters. The van der Waals surface area contributed by atoms with Gasteiger partial charge in [0.15, 0.2) is 0 Å². The van der Waals surface area contributed by atoms with E-state index in [1.165, 1.54) is 0 Å². The summed E-state index contributed by atoms with van der Waals surface area (Å²) >= 11 is 0. The summed E-state index contributed by atoms with van der Waals surface area (Å²) in [5.74, 6) is 0. The van der Waals surface area contributed by atoms with Crippen LogP contribution in [-0.4, -0.2) is 37.9 Å². The quantitative estimate of drug-likeness (QED) is 0.466. The molecule has 1 rings (SSSR count). The number of carbonyl (C=O) groups is 1. The minimum atomic E-state index is -0.0196. The van der Waals surface area contributed by atoms with E-state index in [-0.39, 0.29) is 12.0 Å². The maximum absolute atomic E-state index is 9.94. The van der Waals surface area contributed by atoms with Gasteiger partial charge in [-0.25, -0.2) is 0 Å². The highest BCUT2D eigenvalue weighted by Gasteiger charge is 2.30. The summed E-state index contributed by atoms with van der Waals surface area (Å²) in [5, 5.41) is 12.5. The fourth-order valence-electron chi connectivity index (χ4n) is 1.77. The summed E-state index contributed by atoms with van der Waals surface area (Å²) in [6, 6.07) is 0. The molecule has 0 saturated carbocycles. The zero-order valence-corrected chi connectivity index (χ0v) is 7.79. The largest absolute Gasteiger partial charge is 0.468 e. The summed E-state index contributed by atoms with van der Waals surface area (Å²) in [6.07, 6.45) is 2.70. The summed E-state index contributed by atoms with van der Waals surface area (Å²) in [4.78, 5) is 9.94. The smallest absolute Gasteiger partial charge is 0.293 e. The van der Waals surface area contributed by atoms with Crippen LogP contribution in [-0.2, 0) is 9.53 Å². The number of rotatable bonds is 5. The number of carbonyl (C=O) groups excluding carboxylic acids is 1. The Bertz CT molecular complexity index is 155. The molecule has 0 unspecified atom stereocenters. The van der Waals surface area contributed by atoms with Crippen molar-refractivity contribution in [3.63, 3.8) is 0 Å². The second-order valence-electron chi connectivity index (χ2n) is 3.63. The number of aliphatic hydroxyl groups is 1. The van der Waals surface area contributed by atoms with Crippen molar-refractivity contribution in [3.05, 3.63) is 0 Å². The lowest BCUT2D eigenvalue weighted by atomic mass is 9.77. The number of nitrogens with one attached hydrogen (secondary N) is 1. The third-order valence-electron chi connectivity index (χ3n) is 2.82. The monoisotopic (exact) mass is 187 g/mol. The lowest BCUT2D eigenvalue weighted by Crippen LogP contribution is -2.39. The number of hydrogen-bond donors (Lipinski definition) is 2. The van der Waals surface area contributed by atoms with Gasteiger partial charge in [-0.15, -0.1) is 0 Å². The Labute approximate surface area is 78.3 Å². The number of aliphatic hydroxyl groups excluding tert-OH is 1. The van der Waals surface area contributed by atoms with Gasteiger partial charge in [0.05, 0.1) is 6.61 Å². The average Bonchev–Trinajstić information content (AvgIpc) is 2.20. The van der Waals surface area contributed by atoms with E-state index in [2.05, 4.69) is 10.1 Å². The molecule has 0 bridgehead atoms. The SMILES string of the molecule is O=COCCC1(CO)CCNCC1. The molecular weight excluding hydrogens is 170 g/mol. The van der Waals surface area contributed by atoms with Crippen LogP contribution in [0.2, 0.25) is 0 Å². The highest BCUT2D eigenvalue weighted by atomic mass is 16.5. The van der Waals surface area contributed by atoms with Gasteiger partial charge in [-0.05, 0) is 37.8 Å². The third kappa shape index (κ3) is 2.97. The molecule has 13 heavy (non-hydrogen) atoms. The van der Waals surface area contributed by atoms with E-state index < -0.39 is 0 Å². The van der Waals surface area contributed by atoms with Gasteiger partial charge < -0.3 is 15.2 Å². The van der Waals surface area contributed by atoms with Crippen molar-refractivity contribution in [1.82, 2.24) is 5.32 Å². The van der Waals surface area contributed by atoms with E-state index in [0.29, 0.717) is 13.1 Å². The van der Waals surface area contributed by atoms with Gasteiger partial charge in [-0.2, -0.15) is 0 Å². The van der Waals surface area contributed by atoms with Crippen molar-refractivity contribution in [3.8, 4) is 0 Å². The molecule has 1 aliphatic rings. The Morgan fingerprint density at radius 3 is 2.69 bits per heavy atom. The van der Waals surface area contributed by atoms with E-state index in [1.807, 2.05) is 0 Å². The molecule has 0 aromatic heterocycles. The maximum atomic E-state index is 9.94. The Kier molecular flexibility index (Phi) is 4.18. The fraction of sp³-hybridized carbons (Fsp3) is 0.889. The normalized spacial score (nSPS) is 21.0. The molecule has 76 valence electrons. The molecule has 0 spiro atoms. The predicted molar refractivity (Wildman–Crippen MR) is 48.3 cm³/mol. The minimum Gasteiger partial charge on any atom is -0.468 e. The molecule has 1 saturated heterocycles. The van der Waals surface area contributed by atoms with Gasteiger partial charge in [0, 0.05) is 6.61 Å². The van der Waals surface area contributed by atoms with Gasteiger partial charge in [-0.3, -0.25) is 4.79 Å². The predicted octanol–water partition coefficient (Wildman–Crippen LogP) is -0.0884. The van der Waals surface area contributed by atoms with Crippen LogP contribution in [0.25, 0.3) is 0 Å². The van der Waals surface area contributed by atoms with Crippen molar-refractivity contribution in [1.29, 1.82) is 0 Å². The molecule has 0 amide bonds. The first-order chi connectivity index (χ1) is 6.33. The number of piperidine rings is 1. The van der Waals surface area contributed by atoms with E-state index >= 15 is 0 Å². The van der Waals surface area contributed by atoms with Gasteiger partial charge >= 0.3 is 0 Å². The second-order valence-corrected chi connectivity index (χ2v) is 3.63. The van der Waals surface area contributed by atoms with Crippen molar-refractivity contribution >= 4 is 6.47 Å².